The fourth-order valence-electron chi connectivity index (χ4n) is 4.16. The van der Waals surface area contributed by atoms with Crippen LogP contribution in [0.4, 0.5) is 4.39 Å². The van der Waals surface area contributed by atoms with Crippen LogP contribution in [0.1, 0.15) is 68.6 Å². The molecule has 1 atom stereocenters. The number of benzene rings is 1. The summed E-state index contributed by atoms with van der Waals surface area (Å²) in [5, 5.41) is 3.02. The standard InChI is InChI=1S/C23H31FN2O4/c1-16(21(27)25-20-6-4-2-3-5-7-20)30-23(29)18-12-14-26(15-13-18)22(28)17-8-10-19(24)11-9-17/h8-11,16,18,20H,2-7,12-15H2,1H3,(H,25,27)/t16-/m0/s1. The van der Waals surface area contributed by atoms with Gasteiger partial charge >= 0.3 is 5.97 Å². The lowest BCUT2D eigenvalue weighted by Gasteiger charge is -2.31. The summed E-state index contributed by atoms with van der Waals surface area (Å²) in [6, 6.07) is 5.62. The maximum atomic E-state index is 13.0. The Kier molecular flexibility index (Phi) is 7.82. The van der Waals surface area contributed by atoms with Crippen LogP contribution in [0.15, 0.2) is 24.3 Å². The molecule has 3 rings (SSSR count). The van der Waals surface area contributed by atoms with Gasteiger partial charge in [0.1, 0.15) is 5.82 Å². The molecule has 2 fully saturated rings. The van der Waals surface area contributed by atoms with Crippen molar-refractivity contribution in [3.8, 4) is 0 Å². The van der Waals surface area contributed by atoms with E-state index in [1.165, 1.54) is 37.1 Å². The van der Waals surface area contributed by atoms with Crippen molar-refractivity contribution in [1.82, 2.24) is 10.2 Å². The molecule has 1 aliphatic heterocycles. The number of carbonyl (C=O) groups excluding carboxylic acids is 3. The van der Waals surface area contributed by atoms with Crippen molar-refractivity contribution in [3.63, 3.8) is 0 Å². The van der Waals surface area contributed by atoms with Crippen molar-refractivity contribution in [2.75, 3.05) is 13.1 Å². The SMILES string of the molecule is C[C@H](OC(=O)C1CCN(C(=O)c2ccc(F)cc2)CC1)C(=O)NC1CCCCCC1. The van der Waals surface area contributed by atoms with E-state index in [1.807, 2.05) is 0 Å². The second kappa shape index (κ2) is 10.5. The van der Waals surface area contributed by atoms with Crippen LogP contribution in [0, 0.1) is 11.7 Å². The van der Waals surface area contributed by atoms with Gasteiger partial charge in [0.25, 0.3) is 11.8 Å². The summed E-state index contributed by atoms with van der Waals surface area (Å²) < 4.78 is 18.5. The van der Waals surface area contributed by atoms with Gasteiger partial charge in [-0.2, -0.15) is 0 Å². The normalized spacial score (nSPS) is 19.6. The second-order valence-electron chi connectivity index (χ2n) is 8.35. The molecule has 1 saturated heterocycles. The molecule has 2 amide bonds. The summed E-state index contributed by atoms with van der Waals surface area (Å²) in [6.45, 7) is 2.47. The Labute approximate surface area is 177 Å². The first-order valence-corrected chi connectivity index (χ1v) is 11.0. The van der Waals surface area contributed by atoms with Crippen LogP contribution in [-0.4, -0.2) is 47.9 Å². The van der Waals surface area contributed by atoms with Gasteiger partial charge in [-0.25, -0.2) is 4.39 Å². The lowest BCUT2D eigenvalue weighted by atomic mass is 9.96. The van der Waals surface area contributed by atoms with Crippen molar-refractivity contribution >= 4 is 17.8 Å². The van der Waals surface area contributed by atoms with E-state index in [1.54, 1.807) is 11.8 Å². The van der Waals surface area contributed by atoms with Crippen molar-refractivity contribution in [2.24, 2.45) is 5.92 Å². The van der Waals surface area contributed by atoms with Gasteiger partial charge in [-0.15, -0.1) is 0 Å². The van der Waals surface area contributed by atoms with Crippen LogP contribution in [0.25, 0.3) is 0 Å². The Morgan fingerprint density at radius 1 is 1.00 bits per heavy atom. The van der Waals surface area contributed by atoms with E-state index in [0.29, 0.717) is 31.5 Å². The number of ether oxygens (including phenoxy) is 1. The molecule has 1 aliphatic carbocycles. The summed E-state index contributed by atoms with van der Waals surface area (Å²) in [5.41, 5.74) is 0.432. The maximum absolute atomic E-state index is 13.0. The molecule has 2 aliphatic rings. The average molecular weight is 419 g/mol. The topological polar surface area (TPSA) is 75.7 Å². The van der Waals surface area contributed by atoms with Gasteiger partial charge in [-0.1, -0.05) is 25.7 Å². The van der Waals surface area contributed by atoms with Crippen molar-refractivity contribution in [2.45, 2.75) is 70.4 Å². The van der Waals surface area contributed by atoms with Crippen molar-refractivity contribution < 1.29 is 23.5 Å². The monoisotopic (exact) mass is 418 g/mol. The number of esters is 1. The van der Waals surface area contributed by atoms with Crippen LogP contribution < -0.4 is 5.32 Å². The highest BCUT2D eigenvalue weighted by Gasteiger charge is 2.31. The summed E-state index contributed by atoms with van der Waals surface area (Å²) in [7, 11) is 0. The number of piperidine rings is 1. The molecule has 30 heavy (non-hydrogen) atoms. The molecule has 7 heteroatoms. The molecule has 0 aromatic heterocycles. The molecule has 1 N–H and O–H groups in total. The molecular weight excluding hydrogens is 387 g/mol. The Morgan fingerprint density at radius 3 is 2.20 bits per heavy atom. The van der Waals surface area contributed by atoms with E-state index < -0.39 is 6.10 Å². The third kappa shape index (κ3) is 6.03. The van der Waals surface area contributed by atoms with Gasteiger partial charge in [0.05, 0.1) is 5.92 Å². The second-order valence-corrected chi connectivity index (χ2v) is 8.35. The fraction of sp³-hybridized carbons (Fsp3) is 0.609. The molecule has 0 spiro atoms. The number of halogens is 1. The highest BCUT2D eigenvalue weighted by Crippen LogP contribution is 2.22. The van der Waals surface area contributed by atoms with Crippen LogP contribution >= 0.6 is 0 Å². The Balaban J connectivity index is 1.43. The molecule has 1 aromatic rings. The summed E-state index contributed by atoms with van der Waals surface area (Å²) in [4.78, 5) is 39.1. The van der Waals surface area contributed by atoms with Gasteiger partial charge < -0.3 is 15.0 Å². The molecular formula is C23H31FN2O4. The average Bonchev–Trinajstić information content (AvgIpc) is 3.02. The number of nitrogens with one attached hydrogen (secondary N) is 1. The summed E-state index contributed by atoms with van der Waals surface area (Å²) in [6.07, 6.45) is 6.77. The van der Waals surface area contributed by atoms with E-state index in [-0.39, 0.29) is 35.6 Å². The first-order valence-electron chi connectivity index (χ1n) is 11.0. The van der Waals surface area contributed by atoms with Gasteiger partial charge in [-0.3, -0.25) is 14.4 Å². The van der Waals surface area contributed by atoms with Crippen LogP contribution in [-0.2, 0) is 14.3 Å². The molecule has 0 bridgehead atoms. The lowest BCUT2D eigenvalue weighted by molar-refractivity contribution is -0.160. The molecule has 6 nitrogen and oxygen atoms in total. The van der Waals surface area contributed by atoms with E-state index in [9.17, 15) is 18.8 Å². The number of hydrogen-bond donors (Lipinski definition) is 1. The number of nitrogens with zero attached hydrogens (tertiary/aromatic N) is 1. The Bertz CT molecular complexity index is 736. The van der Waals surface area contributed by atoms with E-state index in [0.717, 1.165) is 25.7 Å². The Morgan fingerprint density at radius 2 is 1.60 bits per heavy atom. The zero-order valence-corrected chi connectivity index (χ0v) is 17.6. The number of rotatable bonds is 5. The van der Waals surface area contributed by atoms with Crippen molar-refractivity contribution in [3.05, 3.63) is 35.6 Å². The number of carbonyl (C=O) groups is 3. The Hall–Kier alpha value is -2.44. The van der Waals surface area contributed by atoms with Gasteiger partial charge in [0.2, 0.25) is 0 Å². The van der Waals surface area contributed by atoms with Gasteiger partial charge in [-0.05, 0) is 56.9 Å². The first kappa shape index (κ1) is 22.2. The molecule has 0 unspecified atom stereocenters. The fourth-order valence-corrected chi connectivity index (χ4v) is 4.16. The third-order valence-corrected chi connectivity index (χ3v) is 6.07. The predicted molar refractivity (Wildman–Crippen MR) is 110 cm³/mol. The maximum Gasteiger partial charge on any atom is 0.309 e. The van der Waals surface area contributed by atoms with Crippen molar-refractivity contribution in [1.29, 1.82) is 0 Å². The zero-order chi connectivity index (χ0) is 21.5. The molecule has 1 aromatic carbocycles. The minimum atomic E-state index is -0.820. The summed E-state index contributed by atoms with van der Waals surface area (Å²) >= 11 is 0. The third-order valence-electron chi connectivity index (χ3n) is 6.07. The molecule has 1 saturated carbocycles. The van der Waals surface area contributed by atoms with Crippen LogP contribution in [0.3, 0.4) is 0 Å². The minimum Gasteiger partial charge on any atom is -0.452 e. The van der Waals surface area contributed by atoms with Crippen LogP contribution in [0.5, 0.6) is 0 Å². The largest absolute Gasteiger partial charge is 0.452 e. The highest BCUT2D eigenvalue weighted by molar-refractivity contribution is 5.94. The lowest BCUT2D eigenvalue weighted by Crippen LogP contribution is -2.44. The molecule has 1 heterocycles. The first-order chi connectivity index (χ1) is 14.4. The predicted octanol–water partition coefficient (Wildman–Crippen LogP) is 3.45. The minimum absolute atomic E-state index is 0.168. The smallest absolute Gasteiger partial charge is 0.309 e. The van der Waals surface area contributed by atoms with Gasteiger partial charge in [0.15, 0.2) is 6.10 Å². The van der Waals surface area contributed by atoms with E-state index >= 15 is 0 Å². The van der Waals surface area contributed by atoms with E-state index in [2.05, 4.69) is 5.32 Å². The van der Waals surface area contributed by atoms with Gasteiger partial charge in [0, 0.05) is 24.7 Å². The molecule has 0 radical (unpaired) electrons. The number of hydrogen-bond acceptors (Lipinski definition) is 4. The van der Waals surface area contributed by atoms with Crippen LogP contribution in [0.2, 0.25) is 0 Å². The van der Waals surface area contributed by atoms with E-state index in [4.69, 9.17) is 4.74 Å². The number of amides is 2. The highest BCUT2D eigenvalue weighted by atomic mass is 19.1. The number of likely N-dealkylation sites (tertiary alicyclic amines) is 1. The zero-order valence-electron chi connectivity index (χ0n) is 17.6. The molecule has 164 valence electrons. The summed E-state index contributed by atoms with van der Waals surface area (Å²) in [5.74, 6) is -1.50. The quantitative estimate of drug-likeness (QED) is 0.587.